The third-order valence-corrected chi connectivity index (χ3v) is 7.17. The Hall–Kier alpha value is -1.96. The van der Waals surface area contributed by atoms with Gasteiger partial charge in [-0.2, -0.15) is 5.10 Å². The van der Waals surface area contributed by atoms with Gasteiger partial charge in [0.25, 0.3) is 0 Å². The molecular formula is C17H22N4O3S. The van der Waals surface area contributed by atoms with E-state index in [0.29, 0.717) is 25.4 Å². The minimum Gasteiger partial charge on any atom is -0.342 e. The molecule has 4 rings (SSSR count). The second kappa shape index (κ2) is 6.09. The number of pyridine rings is 1. The molecule has 0 aromatic carbocycles. The van der Waals surface area contributed by atoms with Crippen LogP contribution >= 0.6 is 0 Å². The summed E-state index contributed by atoms with van der Waals surface area (Å²) < 4.78 is 25.0. The third kappa shape index (κ3) is 3.03. The quantitative estimate of drug-likeness (QED) is 0.799. The molecule has 1 atom stereocenters. The van der Waals surface area contributed by atoms with Crippen molar-refractivity contribution in [3.8, 4) is 0 Å². The van der Waals surface area contributed by atoms with Gasteiger partial charge in [-0.25, -0.2) is 13.4 Å². The summed E-state index contributed by atoms with van der Waals surface area (Å²) in [7, 11) is -1.12. The maximum absolute atomic E-state index is 12.6. The molecule has 2 aliphatic heterocycles. The van der Waals surface area contributed by atoms with Crippen LogP contribution in [0.25, 0.3) is 11.0 Å². The number of nitrogens with zero attached hydrogens (tertiary/aromatic N) is 4. The van der Waals surface area contributed by atoms with Crippen molar-refractivity contribution in [2.75, 3.05) is 24.6 Å². The molecule has 4 heterocycles. The Labute approximate surface area is 146 Å². The van der Waals surface area contributed by atoms with E-state index in [1.165, 1.54) is 0 Å². The molecule has 2 fully saturated rings. The van der Waals surface area contributed by atoms with Gasteiger partial charge >= 0.3 is 0 Å². The molecule has 25 heavy (non-hydrogen) atoms. The zero-order valence-corrected chi connectivity index (χ0v) is 15.1. The molecule has 8 heteroatoms. The number of piperidine rings is 1. The first-order valence-electron chi connectivity index (χ1n) is 8.71. The lowest BCUT2D eigenvalue weighted by molar-refractivity contribution is -0.135. The standard InChI is InChI=1S/C17H22N4O3S/c1-20-16-14(3-2-7-18-16)15(19-20)12-4-8-21(9-5-12)17(22)13-6-10-25(23,24)11-13/h2-3,7,12-13H,4-6,8-11H2,1H3/t13-/m1/s1. The van der Waals surface area contributed by atoms with Gasteiger partial charge in [-0.15, -0.1) is 0 Å². The fraction of sp³-hybridized carbons (Fsp3) is 0.588. The maximum Gasteiger partial charge on any atom is 0.226 e. The minimum atomic E-state index is -3.02. The Morgan fingerprint density at radius 3 is 2.68 bits per heavy atom. The first-order chi connectivity index (χ1) is 11.9. The van der Waals surface area contributed by atoms with Crippen molar-refractivity contribution in [3.05, 3.63) is 24.0 Å². The summed E-state index contributed by atoms with van der Waals surface area (Å²) in [5.41, 5.74) is 1.94. The van der Waals surface area contributed by atoms with Gasteiger partial charge in [0.05, 0.1) is 23.1 Å². The molecule has 7 nitrogen and oxygen atoms in total. The van der Waals surface area contributed by atoms with E-state index in [9.17, 15) is 13.2 Å². The summed E-state index contributed by atoms with van der Waals surface area (Å²) in [5.74, 6) is 0.132. The molecule has 0 N–H and O–H groups in total. The van der Waals surface area contributed by atoms with Gasteiger partial charge < -0.3 is 4.90 Å². The molecule has 0 spiro atoms. The summed E-state index contributed by atoms with van der Waals surface area (Å²) >= 11 is 0. The van der Waals surface area contributed by atoms with Gasteiger partial charge in [-0.3, -0.25) is 9.48 Å². The predicted molar refractivity (Wildman–Crippen MR) is 93.8 cm³/mol. The number of hydrogen-bond acceptors (Lipinski definition) is 5. The molecule has 2 aromatic heterocycles. The van der Waals surface area contributed by atoms with E-state index >= 15 is 0 Å². The molecule has 0 bridgehead atoms. The van der Waals surface area contributed by atoms with Crippen LogP contribution in [0.2, 0.25) is 0 Å². The number of carbonyl (C=O) groups is 1. The number of carbonyl (C=O) groups excluding carboxylic acids is 1. The van der Waals surface area contributed by atoms with E-state index in [1.54, 1.807) is 6.20 Å². The zero-order chi connectivity index (χ0) is 17.6. The first kappa shape index (κ1) is 16.5. The molecule has 2 aliphatic rings. The number of amides is 1. The molecular weight excluding hydrogens is 340 g/mol. The van der Waals surface area contributed by atoms with Gasteiger partial charge in [-0.05, 0) is 31.4 Å². The Morgan fingerprint density at radius 1 is 1.24 bits per heavy atom. The fourth-order valence-corrected chi connectivity index (χ4v) is 5.77. The lowest BCUT2D eigenvalue weighted by Gasteiger charge is -2.32. The fourth-order valence-electron chi connectivity index (χ4n) is 4.04. The summed E-state index contributed by atoms with van der Waals surface area (Å²) in [5, 5.41) is 5.73. The van der Waals surface area contributed by atoms with Crippen molar-refractivity contribution in [3.63, 3.8) is 0 Å². The highest BCUT2D eigenvalue weighted by Gasteiger charge is 2.37. The van der Waals surface area contributed by atoms with Crippen molar-refractivity contribution in [1.29, 1.82) is 0 Å². The molecule has 0 unspecified atom stereocenters. The molecule has 1 amide bonds. The van der Waals surface area contributed by atoms with Crippen LogP contribution in [0.3, 0.4) is 0 Å². The Balaban J connectivity index is 1.45. The van der Waals surface area contributed by atoms with Gasteiger partial charge in [0, 0.05) is 37.6 Å². The maximum atomic E-state index is 12.6. The van der Waals surface area contributed by atoms with E-state index in [-0.39, 0.29) is 23.3 Å². The van der Waals surface area contributed by atoms with Gasteiger partial charge in [0.1, 0.15) is 0 Å². The van der Waals surface area contributed by atoms with Crippen LogP contribution < -0.4 is 0 Å². The molecule has 2 aromatic rings. The zero-order valence-electron chi connectivity index (χ0n) is 14.3. The van der Waals surface area contributed by atoms with E-state index in [2.05, 4.69) is 10.1 Å². The van der Waals surface area contributed by atoms with Crippen LogP contribution in [-0.2, 0) is 21.7 Å². The number of likely N-dealkylation sites (tertiary alicyclic amines) is 1. The second-order valence-corrected chi connectivity index (χ2v) is 9.31. The van der Waals surface area contributed by atoms with E-state index in [4.69, 9.17) is 0 Å². The highest BCUT2D eigenvalue weighted by Crippen LogP contribution is 2.32. The molecule has 0 aliphatic carbocycles. The van der Waals surface area contributed by atoms with Crippen molar-refractivity contribution in [2.24, 2.45) is 13.0 Å². The van der Waals surface area contributed by atoms with E-state index in [0.717, 1.165) is 29.6 Å². The van der Waals surface area contributed by atoms with Crippen LogP contribution in [-0.4, -0.2) is 58.6 Å². The summed E-state index contributed by atoms with van der Waals surface area (Å²) in [6.07, 6.45) is 3.95. The van der Waals surface area contributed by atoms with E-state index in [1.807, 2.05) is 28.8 Å². The van der Waals surface area contributed by atoms with Crippen LogP contribution in [0.5, 0.6) is 0 Å². The molecule has 0 saturated carbocycles. The van der Waals surface area contributed by atoms with Crippen LogP contribution in [0.15, 0.2) is 18.3 Å². The number of rotatable bonds is 2. The Kier molecular flexibility index (Phi) is 4.02. The van der Waals surface area contributed by atoms with Gasteiger partial charge in [0.2, 0.25) is 5.91 Å². The number of fused-ring (bicyclic) bond motifs is 1. The predicted octanol–water partition coefficient (Wildman–Crippen LogP) is 1.11. The number of aromatic nitrogens is 3. The average Bonchev–Trinajstić information content (AvgIpc) is 3.15. The smallest absolute Gasteiger partial charge is 0.226 e. The summed E-state index contributed by atoms with van der Waals surface area (Å²) in [6, 6.07) is 3.97. The van der Waals surface area contributed by atoms with E-state index < -0.39 is 9.84 Å². The van der Waals surface area contributed by atoms with Crippen molar-refractivity contribution in [2.45, 2.75) is 25.2 Å². The van der Waals surface area contributed by atoms with Gasteiger partial charge in [-0.1, -0.05) is 0 Å². The monoisotopic (exact) mass is 362 g/mol. The third-order valence-electron chi connectivity index (χ3n) is 5.40. The second-order valence-electron chi connectivity index (χ2n) is 7.08. The van der Waals surface area contributed by atoms with Crippen LogP contribution in [0.1, 0.15) is 30.9 Å². The molecule has 134 valence electrons. The first-order valence-corrected chi connectivity index (χ1v) is 10.5. The molecule has 2 saturated heterocycles. The van der Waals surface area contributed by atoms with Crippen LogP contribution in [0.4, 0.5) is 0 Å². The highest BCUT2D eigenvalue weighted by molar-refractivity contribution is 7.91. The Morgan fingerprint density at radius 2 is 2.00 bits per heavy atom. The topological polar surface area (TPSA) is 85.2 Å². The summed E-state index contributed by atoms with van der Waals surface area (Å²) in [6.45, 7) is 1.33. The lowest BCUT2D eigenvalue weighted by atomic mass is 9.91. The van der Waals surface area contributed by atoms with Crippen molar-refractivity contribution < 1.29 is 13.2 Å². The summed E-state index contributed by atoms with van der Waals surface area (Å²) in [4.78, 5) is 18.8. The van der Waals surface area contributed by atoms with Gasteiger partial charge in [0.15, 0.2) is 15.5 Å². The van der Waals surface area contributed by atoms with Crippen molar-refractivity contribution in [1.82, 2.24) is 19.7 Å². The Bertz CT molecular complexity index is 913. The average molecular weight is 362 g/mol. The largest absolute Gasteiger partial charge is 0.342 e. The highest BCUT2D eigenvalue weighted by atomic mass is 32.2. The lowest BCUT2D eigenvalue weighted by Crippen LogP contribution is -2.41. The number of aryl methyl sites for hydroxylation is 1. The van der Waals surface area contributed by atoms with Crippen LogP contribution in [0, 0.1) is 5.92 Å². The number of hydrogen-bond donors (Lipinski definition) is 0. The molecule has 0 radical (unpaired) electrons. The van der Waals surface area contributed by atoms with Crippen molar-refractivity contribution >= 4 is 26.8 Å². The normalized spacial score (nSPS) is 24.0. The number of sulfone groups is 1. The SMILES string of the molecule is Cn1nc(C2CCN(C(=O)[C@@H]3CCS(=O)(=O)C3)CC2)c2cccnc21. The minimum absolute atomic E-state index is 0.00655.